The van der Waals surface area contributed by atoms with E-state index in [4.69, 9.17) is 5.73 Å². The van der Waals surface area contributed by atoms with Crippen LogP contribution >= 0.6 is 0 Å². The maximum absolute atomic E-state index is 12.0. The number of anilines is 1. The lowest BCUT2D eigenvalue weighted by molar-refractivity contribution is -0.118. The highest BCUT2D eigenvalue weighted by Crippen LogP contribution is 2.11. The van der Waals surface area contributed by atoms with Gasteiger partial charge >= 0.3 is 0 Å². The van der Waals surface area contributed by atoms with Crippen LogP contribution in [0.1, 0.15) is 20.3 Å². The number of pyridine rings is 1. The zero-order valence-electron chi connectivity index (χ0n) is 10.9. The summed E-state index contributed by atoms with van der Waals surface area (Å²) in [5, 5.41) is 2.97. The van der Waals surface area contributed by atoms with Gasteiger partial charge in [0, 0.05) is 25.2 Å². The van der Waals surface area contributed by atoms with E-state index in [1.807, 2.05) is 6.92 Å². The summed E-state index contributed by atoms with van der Waals surface area (Å²) in [5.41, 5.74) is 5.01. The maximum atomic E-state index is 12.0. The number of hydrogen-bond acceptors (Lipinski definition) is 5. The van der Waals surface area contributed by atoms with E-state index in [2.05, 4.69) is 15.0 Å². The van der Waals surface area contributed by atoms with Gasteiger partial charge in [-0.1, -0.05) is 0 Å². The van der Waals surface area contributed by atoms with Crippen LogP contribution in [0.4, 0.5) is 5.82 Å². The largest absolute Gasteiger partial charge is 0.370 e. The fraction of sp³-hybridized carbons (Fsp3) is 0.455. The van der Waals surface area contributed by atoms with E-state index < -0.39 is 22.0 Å². The molecule has 0 fully saturated rings. The van der Waals surface area contributed by atoms with Crippen molar-refractivity contribution in [1.29, 1.82) is 0 Å². The highest BCUT2D eigenvalue weighted by Gasteiger charge is 2.18. The Labute approximate surface area is 112 Å². The molecule has 0 aliphatic carbocycles. The van der Waals surface area contributed by atoms with E-state index in [0.717, 1.165) is 0 Å². The average molecular weight is 286 g/mol. The molecule has 7 nitrogen and oxygen atoms in total. The molecule has 1 amide bonds. The summed E-state index contributed by atoms with van der Waals surface area (Å²) in [6, 6.07) is 2.47. The minimum Gasteiger partial charge on any atom is -0.370 e. The second-order valence-corrected chi connectivity index (χ2v) is 5.82. The van der Waals surface area contributed by atoms with Crippen molar-refractivity contribution in [2.75, 3.05) is 11.9 Å². The predicted molar refractivity (Wildman–Crippen MR) is 72.0 cm³/mol. The number of nitrogens with zero attached hydrogens (tertiary/aromatic N) is 1. The number of sulfonamides is 1. The molecular weight excluding hydrogens is 268 g/mol. The van der Waals surface area contributed by atoms with Gasteiger partial charge in [-0.25, -0.2) is 18.1 Å². The van der Waals surface area contributed by atoms with Gasteiger partial charge in [-0.05, 0) is 26.0 Å². The number of hydrogen-bond donors (Lipinski definition) is 3. The van der Waals surface area contributed by atoms with E-state index in [1.165, 1.54) is 12.3 Å². The molecule has 1 unspecified atom stereocenters. The molecule has 1 aromatic heterocycles. The Morgan fingerprint density at radius 3 is 2.63 bits per heavy atom. The van der Waals surface area contributed by atoms with Crippen molar-refractivity contribution >= 4 is 21.7 Å². The fourth-order valence-electron chi connectivity index (χ4n) is 1.50. The van der Waals surface area contributed by atoms with Crippen molar-refractivity contribution in [3.05, 3.63) is 18.3 Å². The first kappa shape index (κ1) is 15.4. The van der Waals surface area contributed by atoms with Crippen molar-refractivity contribution in [2.45, 2.75) is 31.2 Å². The number of nitrogens with two attached hydrogens (primary N) is 1. The van der Waals surface area contributed by atoms with E-state index >= 15 is 0 Å². The molecule has 1 rings (SSSR count). The third kappa shape index (κ3) is 4.84. The lowest BCUT2D eigenvalue weighted by Gasteiger charge is -2.12. The molecular formula is C11H18N4O3S. The van der Waals surface area contributed by atoms with Gasteiger partial charge in [0.2, 0.25) is 15.9 Å². The first-order valence-corrected chi connectivity index (χ1v) is 7.34. The first-order chi connectivity index (χ1) is 8.85. The second kappa shape index (κ2) is 6.48. The first-order valence-electron chi connectivity index (χ1n) is 5.85. The number of aromatic nitrogens is 1. The Balaban J connectivity index is 2.79. The Morgan fingerprint density at radius 2 is 2.16 bits per heavy atom. The number of primary amides is 1. The predicted octanol–water partition coefficient (Wildman–Crippen LogP) is 0.0556. The number of carbonyl (C=O) groups is 1. The topological polar surface area (TPSA) is 114 Å². The lowest BCUT2D eigenvalue weighted by Crippen LogP contribution is -2.35. The number of carbonyl (C=O) groups excluding carboxylic acids is 1. The van der Waals surface area contributed by atoms with E-state index in [9.17, 15) is 13.2 Å². The zero-order chi connectivity index (χ0) is 14.5. The summed E-state index contributed by atoms with van der Waals surface area (Å²) in [6.07, 6.45) is 1.21. The highest BCUT2D eigenvalue weighted by atomic mass is 32.2. The number of amides is 1. The SMILES string of the molecule is CCNc1ccc(S(=O)(=O)NC(C)CC(N)=O)cn1. The van der Waals surface area contributed by atoms with Gasteiger partial charge < -0.3 is 11.1 Å². The van der Waals surface area contributed by atoms with Crippen molar-refractivity contribution in [1.82, 2.24) is 9.71 Å². The average Bonchev–Trinajstić information content (AvgIpc) is 2.28. The molecule has 0 saturated heterocycles. The number of nitrogens with one attached hydrogen (secondary N) is 2. The Kier molecular flexibility index (Phi) is 5.25. The van der Waals surface area contributed by atoms with Crippen LogP contribution in [0.5, 0.6) is 0 Å². The summed E-state index contributed by atoms with van der Waals surface area (Å²) >= 11 is 0. The molecule has 4 N–H and O–H groups in total. The molecule has 0 radical (unpaired) electrons. The second-order valence-electron chi connectivity index (χ2n) is 4.10. The van der Waals surface area contributed by atoms with Gasteiger partial charge in [0.05, 0.1) is 0 Å². The molecule has 0 bridgehead atoms. The fourth-order valence-corrected chi connectivity index (χ4v) is 2.69. The summed E-state index contributed by atoms with van der Waals surface area (Å²) in [6.45, 7) is 4.19. The van der Waals surface area contributed by atoms with Gasteiger partial charge in [0.25, 0.3) is 0 Å². The normalized spacial score (nSPS) is 12.9. The smallest absolute Gasteiger partial charge is 0.242 e. The van der Waals surface area contributed by atoms with Crippen LogP contribution in [0.2, 0.25) is 0 Å². The van der Waals surface area contributed by atoms with Crippen LogP contribution in [0.15, 0.2) is 23.2 Å². The number of rotatable bonds is 7. The third-order valence-electron chi connectivity index (χ3n) is 2.27. The molecule has 0 aliphatic heterocycles. The van der Waals surface area contributed by atoms with Crippen LogP contribution in [-0.4, -0.2) is 31.9 Å². The molecule has 0 aliphatic rings. The lowest BCUT2D eigenvalue weighted by atomic mass is 10.2. The Hall–Kier alpha value is -1.67. The molecule has 0 aromatic carbocycles. The minimum absolute atomic E-state index is 0.0467. The standard InChI is InChI=1S/C11H18N4O3S/c1-3-13-11-5-4-9(7-14-11)19(17,18)15-8(2)6-10(12)16/h4-5,7-8,15H,3,6H2,1-2H3,(H2,12,16)(H,13,14). The van der Waals surface area contributed by atoms with Crippen LogP contribution in [0.3, 0.4) is 0 Å². The molecule has 1 heterocycles. The van der Waals surface area contributed by atoms with Crippen LogP contribution in [-0.2, 0) is 14.8 Å². The molecule has 8 heteroatoms. The van der Waals surface area contributed by atoms with E-state index in [0.29, 0.717) is 12.4 Å². The van der Waals surface area contributed by atoms with Gasteiger partial charge in [0.1, 0.15) is 10.7 Å². The molecule has 106 valence electrons. The zero-order valence-corrected chi connectivity index (χ0v) is 11.7. The highest BCUT2D eigenvalue weighted by molar-refractivity contribution is 7.89. The molecule has 1 atom stereocenters. The quantitative estimate of drug-likeness (QED) is 0.655. The monoisotopic (exact) mass is 286 g/mol. The molecule has 0 saturated carbocycles. The van der Waals surface area contributed by atoms with Gasteiger partial charge in [0.15, 0.2) is 0 Å². The Morgan fingerprint density at radius 1 is 1.47 bits per heavy atom. The molecule has 19 heavy (non-hydrogen) atoms. The summed E-state index contributed by atoms with van der Waals surface area (Å²) in [4.78, 5) is 14.7. The van der Waals surface area contributed by atoms with Crippen molar-refractivity contribution < 1.29 is 13.2 Å². The van der Waals surface area contributed by atoms with Crippen LogP contribution in [0, 0.1) is 0 Å². The molecule has 1 aromatic rings. The van der Waals surface area contributed by atoms with Gasteiger partial charge in [-0.3, -0.25) is 4.79 Å². The molecule has 0 spiro atoms. The van der Waals surface area contributed by atoms with Gasteiger partial charge in [-0.2, -0.15) is 0 Å². The van der Waals surface area contributed by atoms with E-state index in [-0.39, 0.29) is 11.3 Å². The van der Waals surface area contributed by atoms with Crippen molar-refractivity contribution in [3.63, 3.8) is 0 Å². The Bertz CT molecular complexity index is 527. The summed E-state index contributed by atoms with van der Waals surface area (Å²) in [7, 11) is -3.68. The minimum atomic E-state index is -3.68. The third-order valence-corrected chi connectivity index (χ3v) is 3.84. The summed E-state index contributed by atoms with van der Waals surface area (Å²) in [5.74, 6) is 0.0439. The maximum Gasteiger partial charge on any atom is 0.242 e. The summed E-state index contributed by atoms with van der Waals surface area (Å²) < 4.78 is 26.3. The van der Waals surface area contributed by atoms with Crippen LogP contribution < -0.4 is 15.8 Å². The van der Waals surface area contributed by atoms with Gasteiger partial charge in [-0.15, -0.1) is 0 Å². The van der Waals surface area contributed by atoms with Crippen LogP contribution in [0.25, 0.3) is 0 Å². The van der Waals surface area contributed by atoms with E-state index in [1.54, 1.807) is 13.0 Å². The van der Waals surface area contributed by atoms with Crippen molar-refractivity contribution in [3.8, 4) is 0 Å². The van der Waals surface area contributed by atoms with Crippen molar-refractivity contribution in [2.24, 2.45) is 5.73 Å².